The molecule has 0 aliphatic carbocycles. The highest BCUT2D eigenvalue weighted by atomic mass is 32.2. The minimum Gasteiger partial charge on any atom is -0.495 e. The van der Waals surface area contributed by atoms with Crippen molar-refractivity contribution in [2.75, 3.05) is 27.3 Å². The van der Waals surface area contributed by atoms with Crippen molar-refractivity contribution in [2.45, 2.75) is 0 Å². The van der Waals surface area contributed by atoms with Crippen molar-refractivity contribution in [1.82, 2.24) is 0 Å². The Morgan fingerprint density at radius 2 is 1.00 bits per heavy atom. The summed E-state index contributed by atoms with van der Waals surface area (Å²) < 4.78 is 40.6. The maximum absolute atomic E-state index is 14.6. The first kappa shape index (κ1) is 30.7. The van der Waals surface area contributed by atoms with Gasteiger partial charge >= 0.3 is 0 Å². The first-order chi connectivity index (χ1) is 20.7. The van der Waals surface area contributed by atoms with Crippen molar-refractivity contribution in [3.8, 4) is 33.8 Å². The highest BCUT2D eigenvalue weighted by molar-refractivity contribution is 8.09. The van der Waals surface area contributed by atoms with E-state index in [1.807, 2.05) is 60.7 Å². The molecular weight excluding hydrogens is 572 g/mol. The van der Waals surface area contributed by atoms with Gasteiger partial charge in [0.2, 0.25) is 22.9 Å². The summed E-state index contributed by atoms with van der Waals surface area (Å²) in [5.41, 5.74) is 2.71. The number of para-hydroxylation sites is 2. The monoisotopic (exact) mass is 600 g/mol. The Hall–Kier alpha value is -5.29. The number of nitro groups is 2. The van der Waals surface area contributed by atoms with Gasteiger partial charge in [-0.25, -0.2) is 8.42 Å². The van der Waals surface area contributed by atoms with Crippen LogP contribution in [0, 0.1) is 20.2 Å². The van der Waals surface area contributed by atoms with Crippen LogP contribution in [-0.2, 0) is 9.84 Å². The minimum absolute atomic E-state index is 0.0656. The van der Waals surface area contributed by atoms with Crippen LogP contribution in [0.2, 0.25) is 0 Å². The Labute approximate surface area is 248 Å². The average Bonchev–Trinajstić information content (AvgIpc) is 3.01. The molecule has 43 heavy (non-hydrogen) atoms. The smallest absolute Gasteiger partial charge is 0.223 e. The van der Waals surface area contributed by atoms with Gasteiger partial charge in [0, 0.05) is 44.3 Å². The van der Waals surface area contributed by atoms with Crippen molar-refractivity contribution in [2.24, 2.45) is 0 Å². The van der Waals surface area contributed by atoms with E-state index >= 15 is 0 Å². The van der Waals surface area contributed by atoms with Crippen molar-refractivity contribution < 1.29 is 27.7 Å². The predicted octanol–water partition coefficient (Wildman–Crippen LogP) is 6.39. The van der Waals surface area contributed by atoms with E-state index in [1.165, 1.54) is 26.4 Å². The molecule has 0 radical (unpaired) electrons. The van der Waals surface area contributed by atoms with Gasteiger partial charge < -0.3 is 9.47 Å². The lowest BCUT2D eigenvalue weighted by Crippen LogP contribution is -2.12. The second-order valence-corrected chi connectivity index (χ2v) is 11.1. The van der Waals surface area contributed by atoms with Gasteiger partial charge in [-0.3, -0.25) is 20.2 Å². The number of methoxy groups -OCH3 is 2. The number of nitrogens with zero attached hydrogens (tertiary/aromatic N) is 2. The van der Waals surface area contributed by atoms with Crippen LogP contribution in [0.5, 0.6) is 11.5 Å². The van der Waals surface area contributed by atoms with Gasteiger partial charge in [0.25, 0.3) is 0 Å². The van der Waals surface area contributed by atoms with Crippen LogP contribution in [0.1, 0.15) is 11.1 Å². The number of sulfone groups is 1. The Balaban J connectivity index is 2.01. The first-order valence-electron chi connectivity index (χ1n) is 13.0. The molecule has 0 spiro atoms. The minimum atomic E-state index is -4.67. The highest BCUT2D eigenvalue weighted by Gasteiger charge is 2.32. The van der Waals surface area contributed by atoms with Crippen molar-refractivity contribution >= 4 is 19.6 Å². The topological polar surface area (TPSA) is 139 Å². The number of benzene rings is 4. The molecule has 11 heteroatoms. The number of ether oxygens (including phenoxy) is 2. The summed E-state index contributed by atoms with van der Waals surface area (Å²) in [5, 5.41) is 22.9. The van der Waals surface area contributed by atoms with Gasteiger partial charge in [-0.15, -0.1) is 0 Å². The van der Waals surface area contributed by atoms with E-state index in [4.69, 9.17) is 9.47 Å². The summed E-state index contributed by atoms with van der Waals surface area (Å²) in [6.07, 6.45) is 1.96. The average molecular weight is 601 g/mol. The highest BCUT2D eigenvalue weighted by Crippen LogP contribution is 2.44. The summed E-state index contributed by atoms with van der Waals surface area (Å²) >= 11 is 0. The van der Waals surface area contributed by atoms with Gasteiger partial charge in [0.15, 0.2) is 0 Å². The fourth-order valence-corrected chi connectivity index (χ4v) is 6.48. The molecule has 0 saturated carbocycles. The first-order valence-corrected chi connectivity index (χ1v) is 14.5. The number of hydrogen-bond donors (Lipinski definition) is 0. The van der Waals surface area contributed by atoms with Gasteiger partial charge in [-0.2, -0.15) is 0 Å². The van der Waals surface area contributed by atoms with Crippen LogP contribution in [0.4, 0.5) is 0 Å². The summed E-state index contributed by atoms with van der Waals surface area (Å²) in [5.74, 6) is 0.344. The largest absolute Gasteiger partial charge is 0.495 e. The lowest BCUT2D eigenvalue weighted by Gasteiger charge is -2.20. The Morgan fingerprint density at radius 3 is 1.33 bits per heavy atom. The molecule has 0 N–H and O–H groups in total. The zero-order valence-corrected chi connectivity index (χ0v) is 24.2. The zero-order chi connectivity index (χ0) is 31.0. The lowest BCUT2D eigenvalue weighted by atomic mass is 10.0. The van der Waals surface area contributed by atoms with E-state index in [-0.39, 0.29) is 22.6 Å². The van der Waals surface area contributed by atoms with Crippen LogP contribution in [0.3, 0.4) is 0 Å². The Kier molecular flexibility index (Phi) is 9.68. The van der Waals surface area contributed by atoms with Crippen molar-refractivity contribution in [1.29, 1.82) is 0 Å². The third-order valence-electron chi connectivity index (χ3n) is 6.57. The molecule has 0 aromatic heterocycles. The van der Waals surface area contributed by atoms with E-state index in [2.05, 4.69) is 0 Å². The normalized spacial score (nSPS) is 12.0. The van der Waals surface area contributed by atoms with Crippen LogP contribution in [-0.4, -0.2) is 45.6 Å². The van der Waals surface area contributed by atoms with Gasteiger partial charge in [0.05, 0.1) is 24.0 Å². The molecule has 4 aromatic carbocycles. The van der Waals surface area contributed by atoms with Crippen LogP contribution < -0.4 is 9.47 Å². The van der Waals surface area contributed by atoms with E-state index in [1.54, 1.807) is 24.3 Å². The summed E-state index contributed by atoms with van der Waals surface area (Å²) in [7, 11) is -1.92. The van der Waals surface area contributed by atoms with Crippen LogP contribution >= 0.6 is 0 Å². The maximum atomic E-state index is 14.6. The molecule has 0 aliphatic rings. The molecule has 0 heterocycles. The number of rotatable bonds is 12. The quantitative estimate of drug-likeness (QED) is 0.135. The van der Waals surface area contributed by atoms with Gasteiger partial charge in [0.1, 0.15) is 11.5 Å². The molecule has 220 valence electrons. The van der Waals surface area contributed by atoms with Gasteiger partial charge in [-0.05, 0) is 23.3 Å². The third-order valence-corrected chi connectivity index (χ3v) is 8.50. The summed E-state index contributed by atoms with van der Waals surface area (Å²) in [4.78, 5) is 20.8. The fraction of sp³-hybridized carbons (Fsp3) is 0.125. The molecule has 0 aliphatic heterocycles. The Bertz CT molecular complexity index is 1680. The summed E-state index contributed by atoms with van der Waals surface area (Å²) in [6, 6.07) is 27.9. The SMILES string of the molecule is COc1c(/C(=C\C[N+](=O)[O-])S(=O)(=O)/C(=C/C[N+](=O)[O-])c2cccc(-c3ccccc3)c2OC)cccc1-c1ccccc1. The van der Waals surface area contributed by atoms with Crippen molar-refractivity contribution in [3.05, 3.63) is 141 Å². The summed E-state index contributed by atoms with van der Waals surface area (Å²) in [6.45, 7) is -1.64. The predicted molar refractivity (Wildman–Crippen MR) is 165 cm³/mol. The molecular formula is C32H28N2O8S. The molecule has 10 nitrogen and oxygen atoms in total. The van der Waals surface area contributed by atoms with E-state index in [9.17, 15) is 28.6 Å². The lowest BCUT2D eigenvalue weighted by molar-refractivity contribution is -0.468. The second kappa shape index (κ2) is 13.6. The Morgan fingerprint density at radius 1 is 0.628 bits per heavy atom. The van der Waals surface area contributed by atoms with E-state index < -0.39 is 42.6 Å². The van der Waals surface area contributed by atoms with Gasteiger partial charge in [-0.1, -0.05) is 84.9 Å². The molecule has 0 bridgehead atoms. The van der Waals surface area contributed by atoms with E-state index in [0.717, 1.165) is 23.3 Å². The van der Waals surface area contributed by atoms with Crippen LogP contribution in [0.25, 0.3) is 32.1 Å². The molecule has 4 rings (SSSR count). The second-order valence-electron chi connectivity index (χ2n) is 9.18. The number of hydrogen-bond acceptors (Lipinski definition) is 8. The van der Waals surface area contributed by atoms with Crippen molar-refractivity contribution in [3.63, 3.8) is 0 Å². The third kappa shape index (κ3) is 6.79. The molecule has 0 saturated heterocycles. The van der Waals surface area contributed by atoms with E-state index in [0.29, 0.717) is 11.1 Å². The maximum Gasteiger partial charge on any atom is 0.223 e. The molecule has 4 aromatic rings. The molecule has 0 fully saturated rings. The molecule has 0 amide bonds. The fourth-order valence-electron chi connectivity index (χ4n) is 4.75. The standard InChI is InChI=1S/C32H28N2O8S/c1-41-31-25(23-11-5-3-6-12-23)15-9-17-27(31)29(19-21-33(35)36)43(39,40)30(20-22-34(37)38)28-18-10-16-26(32(28)42-2)24-13-7-4-8-14-24/h3-20H,21-22H2,1-2H3/b29-19+,30-20+. The molecule has 0 unspecified atom stereocenters. The van der Waals surface area contributed by atoms with Crippen LogP contribution in [0.15, 0.2) is 109 Å². The zero-order valence-electron chi connectivity index (χ0n) is 23.4. The molecule has 0 atom stereocenters.